The van der Waals surface area contributed by atoms with Crippen molar-refractivity contribution in [2.45, 2.75) is 0 Å². The lowest BCUT2D eigenvalue weighted by molar-refractivity contribution is -0.119. The number of H-pyrrole nitrogens is 2. The number of esters is 1. The Hall–Kier alpha value is -3.46. The van der Waals surface area contributed by atoms with Gasteiger partial charge in [-0.3, -0.25) is 4.79 Å². The molecule has 3 N–H and O–H groups in total. The molecule has 0 bridgehead atoms. The Kier molecular flexibility index (Phi) is 4.21. The molecule has 1 aromatic heterocycles. The Morgan fingerprint density at radius 1 is 1.15 bits per heavy atom. The number of benzene rings is 2. The second kappa shape index (κ2) is 6.69. The van der Waals surface area contributed by atoms with Crippen molar-refractivity contribution in [3.63, 3.8) is 0 Å². The third-order valence-corrected chi connectivity index (χ3v) is 4.08. The molecule has 0 aliphatic carbocycles. The number of hydrogen-bond acceptors (Lipinski definition) is 6. The van der Waals surface area contributed by atoms with E-state index in [1.165, 1.54) is 12.1 Å². The molecule has 10 heteroatoms. The summed E-state index contributed by atoms with van der Waals surface area (Å²) < 4.78 is 15.4. The van der Waals surface area contributed by atoms with Crippen molar-refractivity contribution in [2.75, 3.05) is 18.7 Å². The normalized spacial score (nSPS) is 12.2. The number of hydrogen-bond donors (Lipinski definition) is 3. The van der Waals surface area contributed by atoms with Gasteiger partial charge >= 0.3 is 11.7 Å². The number of rotatable bonds is 4. The molecule has 0 saturated carbocycles. The molecule has 0 atom stereocenters. The first-order chi connectivity index (χ1) is 13.0. The van der Waals surface area contributed by atoms with Crippen LogP contribution < -0.4 is 20.5 Å². The van der Waals surface area contributed by atoms with Crippen LogP contribution in [0.15, 0.2) is 35.1 Å². The molecule has 1 aliphatic heterocycles. The summed E-state index contributed by atoms with van der Waals surface area (Å²) in [6.45, 7) is -0.473. The maximum absolute atomic E-state index is 12.1. The van der Waals surface area contributed by atoms with Crippen LogP contribution in [0.1, 0.15) is 10.4 Å². The summed E-state index contributed by atoms with van der Waals surface area (Å²) in [6.07, 6.45) is 0. The average Bonchev–Trinajstić information content (AvgIpc) is 3.24. The molecular weight excluding hydrogens is 378 g/mol. The number of carbonyl (C=O) groups is 2. The van der Waals surface area contributed by atoms with E-state index in [1.807, 2.05) is 0 Å². The third-order valence-electron chi connectivity index (χ3n) is 3.80. The molecule has 2 aromatic carbocycles. The summed E-state index contributed by atoms with van der Waals surface area (Å²) in [4.78, 5) is 40.6. The maximum atomic E-state index is 12.1. The molecular formula is C17H12ClN3O6. The monoisotopic (exact) mass is 389 g/mol. The van der Waals surface area contributed by atoms with Crippen molar-refractivity contribution in [2.24, 2.45) is 0 Å². The molecule has 2 heterocycles. The number of imidazole rings is 1. The van der Waals surface area contributed by atoms with Crippen LogP contribution in [0.5, 0.6) is 11.5 Å². The molecule has 1 amide bonds. The molecule has 0 unspecified atom stereocenters. The van der Waals surface area contributed by atoms with E-state index in [1.54, 1.807) is 18.2 Å². The molecule has 1 aliphatic rings. The molecule has 0 saturated heterocycles. The number of carbonyl (C=O) groups excluding carboxylic acids is 2. The predicted molar refractivity (Wildman–Crippen MR) is 95.4 cm³/mol. The smallest absolute Gasteiger partial charge is 0.338 e. The van der Waals surface area contributed by atoms with Crippen molar-refractivity contribution < 1.29 is 23.8 Å². The van der Waals surface area contributed by atoms with Crippen molar-refractivity contribution in [3.05, 3.63) is 51.4 Å². The van der Waals surface area contributed by atoms with Gasteiger partial charge in [0.1, 0.15) is 0 Å². The van der Waals surface area contributed by atoms with Gasteiger partial charge in [0.2, 0.25) is 6.79 Å². The van der Waals surface area contributed by atoms with E-state index in [0.29, 0.717) is 28.2 Å². The Balaban J connectivity index is 1.39. The SMILES string of the molecule is O=C(COC(=O)c1cc(Cl)c2c(c1)OCO2)Nc1ccc2[nH]c(=O)[nH]c2c1. The van der Waals surface area contributed by atoms with Crippen molar-refractivity contribution in [1.82, 2.24) is 9.97 Å². The summed E-state index contributed by atoms with van der Waals surface area (Å²) in [6, 6.07) is 7.66. The van der Waals surface area contributed by atoms with E-state index in [9.17, 15) is 14.4 Å². The lowest BCUT2D eigenvalue weighted by atomic mass is 10.2. The molecule has 0 radical (unpaired) electrons. The van der Waals surface area contributed by atoms with Crippen LogP contribution in [0.25, 0.3) is 11.0 Å². The topological polar surface area (TPSA) is 123 Å². The highest BCUT2D eigenvalue weighted by atomic mass is 35.5. The van der Waals surface area contributed by atoms with Crippen molar-refractivity contribution in [1.29, 1.82) is 0 Å². The minimum absolute atomic E-state index is 0.0205. The lowest BCUT2D eigenvalue weighted by Crippen LogP contribution is -2.20. The number of aromatic amines is 2. The molecule has 0 fully saturated rings. The highest BCUT2D eigenvalue weighted by molar-refractivity contribution is 6.32. The molecule has 0 spiro atoms. The fourth-order valence-electron chi connectivity index (χ4n) is 2.61. The van der Waals surface area contributed by atoms with E-state index in [4.69, 9.17) is 25.8 Å². The van der Waals surface area contributed by atoms with Crippen LogP contribution in [-0.4, -0.2) is 35.2 Å². The number of halogens is 1. The Labute approximate surface area is 156 Å². The zero-order valence-corrected chi connectivity index (χ0v) is 14.4. The van der Waals surface area contributed by atoms with Gasteiger partial charge in [0.05, 0.1) is 21.6 Å². The zero-order valence-electron chi connectivity index (χ0n) is 13.6. The quantitative estimate of drug-likeness (QED) is 0.587. The second-order valence-corrected chi connectivity index (χ2v) is 6.06. The number of anilines is 1. The summed E-state index contributed by atoms with van der Waals surface area (Å²) in [5.74, 6) is -0.556. The Morgan fingerprint density at radius 2 is 1.96 bits per heavy atom. The van der Waals surface area contributed by atoms with Crippen LogP contribution in [0, 0.1) is 0 Å². The molecule has 9 nitrogen and oxygen atoms in total. The highest BCUT2D eigenvalue weighted by Crippen LogP contribution is 2.39. The predicted octanol–water partition coefficient (Wildman–Crippen LogP) is 2.03. The number of amides is 1. The molecule has 3 aromatic rings. The first-order valence-electron chi connectivity index (χ1n) is 7.78. The van der Waals surface area contributed by atoms with Gasteiger partial charge in [0.15, 0.2) is 18.1 Å². The standard InChI is InChI=1S/C17H12ClN3O6/c18-10-3-8(4-13-15(10)27-7-26-13)16(23)25-6-14(22)19-9-1-2-11-12(5-9)21-17(24)20-11/h1-5H,6-7H2,(H,19,22)(H2,20,21,24). The van der Waals surface area contributed by atoms with Crippen molar-refractivity contribution >= 4 is 40.2 Å². The van der Waals surface area contributed by atoms with E-state index in [0.717, 1.165) is 0 Å². The van der Waals surface area contributed by atoms with E-state index in [-0.39, 0.29) is 23.1 Å². The van der Waals surface area contributed by atoms with Crippen molar-refractivity contribution in [3.8, 4) is 11.5 Å². The van der Waals surface area contributed by atoms with Crippen LogP contribution in [-0.2, 0) is 9.53 Å². The van der Waals surface area contributed by atoms with Gasteiger partial charge in [-0.05, 0) is 30.3 Å². The summed E-state index contributed by atoms with van der Waals surface area (Å²) in [5, 5.41) is 2.80. The first-order valence-corrected chi connectivity index (χ1v) is 8.15. The number of nitrogens with one attached hydrogen (secondary N) is 3. The zero-order chi connectivity index (χ0) is 19.0. The van der Waals surface area contributed by atoms with Gasteiger partial charge in [-0.25, -0.2) is 9.59 Å². The van der Waals surface area contributed by atoms with Crippen LogP contribution >= 0.6 is 11.6 Å². The van der Waals surface area contributed by atoms with E-state index in [2.05, 4.69) is 15.3 Å². The van der Waals surface area contributed by atoms with Gasteiger partial charge in [-0.15, -0.1) is 0 Å². The first kappa shape index (κ1) is 17.0. The van der Waals surface area contributed by atoms with E-state index < -0.39 is 18.5 Å². The summed E-state index contributed by atoms with van der Waals surface area (Å²) >= 11 is 6.02. The van der Waals surface area contributed by atoms with Gasteiger partial charge in [0, 0.05) is 5.69 Å². The Morgan fingerprint density at radius 3 is 2.81 bits per heavy atom. The summed E-state index contributed by atoms with van der Waals surface area (Å²) in [5.41, 5.74) is 1.41. The minimum atomic E-state index is -0.726. The third kappa shape index (κ3) is 3.44. The van der Waals surface area contributed by atoms with Crippen LogP contribution in [0.4, 0.5) is 5.69 Å². The fourth-order valence-corrected chi connectivity index (χ4v) is 2.87. The van der Waals surface area contributed by atoms with Gasteiger partial charge in [-0.2, -0.15) is 0 Å². The summed E-state index contributed by atoms with van der Waals surface area (Å²) in [7, 11) is 0. The lowest BCUT2D eigenvalue weighted by Gasteiger charge is -2.08. The number of fused-ring (bicyclic) bond motifs is 2. The highest BCUT2D eigenvalue weighted by Gasteiger charge is 2.21. The Bertz CT molecular complexity index is 1120. The van der Waals surface area contributed by atoms with Crippen LogP contribution in [0.3, 0.4) is 0 Å². The minimum Gasteiger partial charge on any atom is -0.454 e. The molecule has 138 valence electrons. The van der Waals surface area contributed by atoms with Gasteiger partial charge in [-0.1, -0.05) is 11.6 Å². The largest absolute Gasteiger partial charge is 0.454 e. The fraction of sp³-hybridized carbons (Fsp3) is 0.118. The average molecular weight is 390 g/mol. The second-order valence-electron chi connectivity index (χ2n) is 5.66. The number of aromatic nitrogens is 2. The molecule has 27 heavy (non-hydrogen) atoms. The van der Waals surface area contributed by atoms with Crippen LogP contribution in [0.2, 0.25) is 5.02 Å². The number of ether oxygens (including phenoxy) is 3. The van der Waals surface area contributed by atoms with Gasteiger partial charge < -0.3 is 29.5 Å². The van der Waals surface area contributed by atoms with Gasteiger partial charge in [0.25, 0.3) is 5.91 Å². The van der Waals surface area contributed by atoms with E-state index >= 15 is 0 Å². The molecule has 4 rings (SSSR count). The maximum Gasteiger partial charge on any atom is 0.338 e.